The Hall–Kier alpha value is -1.70. The zero-order valence-electron chi connectivity index (χ0n) is 17.6. The molecule has 5 nitrogen and oxygen atoms in total. The van der Waals surface area contributed by atoms with Crippen LogP contribution in [-0.2, 0) is 6.42 Å². The van der Waals surface area contributed by atoms with E-state index in [0.717, 1.165) is 41.6 Å². The molecule has 1 saturated heterocycles. The molecule has 1 unspecified atom stereocenters. The van der Waals surface area contributed by atoms with Crippen LogP contribution in [0.4, 0.5) is 0 Å². The minimum atomic E-state index is 0. The van der Waals surface area contributed by atoms with Gasteiger partial charge in [-0.3, -0.25) is 4.90 Å². The second-order valence-electron chi connectivity index (χ2n) is 7.83. The van der Waals surface area contributed by atoms with E-state index in [9.17, 15) is 0 Å². The van der Waals surface area contributed by atoms with Gasteiger partial charge in [0.1, 0.15) is 0 Å². The number of methoxy groups -OCH3 is 1. The van der Waals surface area contributed by atoms with E-state index in [1.807, 2.05) is 13.8 Å². The van der Waals surface area contributed by atoms with Crippen LogP contribution < -0.4 is 4.74 Å². The molecule has 0 aromatic carbocycles. The van der Waals surface area contributed by atoms with Crippen molar-refractivity contribution in [2.75, 3.05) is 20.2 Å². The summed E-state index contributed by atoms with van der Waals surface area (Å²) in [4.78, 5) is 16.4. The summed E-state index contributed by atoms with van der Waals surface area (Å²) in [5.74, 6) is 1.36. The molecule has 0 aliphatic carbocycles. The fraction of sp³-hybridized carbons (Fsp3) is 0.500. The lowest BCUT2D eigenvalue weighted by molar-refractivity contribution is 0.129. The Labute approximate surface area is 184 Å². The number of hydrogen-bond donors (Lipinski definition) is 0. The predicted molar refractivity (Wildman–Crippen MR) is 124 cm³/mol. The average Bonchev–Trinajstić information content (AvgIpc) is 3.06. The maximum absolute atomic E-state index is 5.34. The number of fused-ring (bicyclic) bond motifs is 1. The molecule has 4 heterocycles. The van der Waals surface area contributed by atoms with Crippen LogP contribution in [-0.4, -0.2) is 40.1 Å². The topological polar surface area (TPSA) is 51.1 Å². The van der Waals surface area contributed by atoms with Gasteiger partial charge in [0.15, 0.2) is 5.65 Å². The van der Waals surface area contributed by atoms with Gasteiger partial charge in [-0.25, -0.2) is 15.0 Å². The molecule has 0 amide bonds. The summed E-state index contributed by atoms with van der Waals surface area (Å²) in [7, 11) is 1.68. The van der Waals surface area contributed by atoms with Crippen molar-refractivity contribution in [2.24, 2.45) is 5.92 Å². The number of nitrogens with zero attached hydrogens (tertiary/aromatic N) is 4. The monoisotopic (exact) mass is 430 g/mol. The highest BCUT2D eigenvalue weighted by atomic mass is 32.1. The fourth-order valence-electron chi connectivity index (χ4n) is 4.24. The van der Waals surface area contributed by atoms with E-state index in [0.29, 0.717) is 17.8 Å². The van der Waals surface area contributed by atoms with Crippen molar-refractivity contribution in [3.8, 4) is 5.88 Å². The Bertz CT molecular complexity index is 975. The molecule has 1 aliphatic rings. The number of aromatic nitrogens is 3. The molecule has 0 saturated carbocycles. The molecule has 0 spiro atoms. The van der Waals surface area contributed by atoms with Crippen LogP contribution in [0.25, 0.3) is 10.3 Å². The van der Waals surface area contributed by atoms with Gasteiger partial charge >= 0.3 is 0 Å². The Balaban J connectivity index is 0.00000240. The Morgan fingerprint density at radius 1 is 1.21 bits per heavy atom. The van der Waals surface area contributed by atoms with E-state index in [-0.39, 0.29) is 13.5 Å². The molecule has 0 N–H and O–H groups in total. The smallest absolute Gasteiger partial charge is 0.213 e. The van der Waals surface area contributed by atoms with E-state index < -0.39 is 0 Å². The maximum atomic E-state index is 5.34. The van der Waals surface area contributed by atoms with Crippen LogP contribution in [0.2, 0.25) is 0 Å². The highest BCUT2D eigenvalue weighted by Gasteiger charge is 2.25. The molecule has 1 aliphatic heterocycles. The minimum absolute atomic E-state index is 0. The van der Waals surface area contributed by atoms with Crippen molar-refractivity contribution < 1.29 is 4.74 Å². The van der Waals surface area contributed by atoms with Gasteiger partial charge < -0.3 is 4.74 Å². The average molecular weight is 431 g/mol. The lowest BCUT2D eigenvalue weighted by atomic mass is 9.90. The summed E-state index contributed by atoms with van der Waals surface area (Å²) in [5.41, 5.74) is 4.35. The van der Waals surface area contributed by atoms with Crippen molar-refractivity contribution in [3.63, 3.8) is 0 Å². The van der Waals surface area contributed by atoms with Gasteiger partial charge in [0, 0.05) is 24.3 Å². The first-order valence-corrected chi connectivity index (χ1v) is 10.8. The quantitative estimate of drug-likeness (QED) is 0.580. The molecule has 0 radical (unpaired) electrons. The Kier molecular flexibility index (Phi) is 7.14. The van der Waals surface area contributed by atoms with E-state index in [1.54, 1.807) is 18.4 Å². The highest BCUT2D eigenvalue weighted by molar-refractivity contribution is 7.59. The van der Waals surface area contributed by atoms with Crippen LogP contribution >= 0.6 is 24.8 Å². The van der Waals surface area contributed by atoms with Gasteiger partial charge in [-0.2, -0.15) is 13.5 Å². The molecule has 1 fully saturated rings. The standard InChI is InChI=1S/C22H28N4OS.H2S/c1-14-10-18(12-21(23-14)27-4)11-17-6-5-9-26(13-17)15(2)19-7-8-20-22(25-19)24-16(3)28-20;/h7-8,10,12,15,17H,5-6,9,11,13H2,1-4H3;1H2/t15?,17-;/m1./s1. The molecule has 4 rings (SSSR count). The van der Waals surface area contributed by atoms with Gasteiger partial charge in [-0.05, 0) is 76.3 Å². The van der Waals surface area contributed by atoms with Gasteiger partial charge in [-0.15, -0.1) is 11.3 Å². The van der Waals surface area contributed by atoms with Crippen LogP contribution in [0, 0.1) is 19.8 Å². The second kappa shape index (κ2) is 9.41. The lowest BCUT2D eigenvalue weighted by Crippen LogP contribution is -2.38. The van der Waals surface area contributed by atoms with Crippen LogP contribution in [0.3, 0.4) is 0 Å². The first-order valence-electron chi connectivity index (χ1n) is 10.0. The molecule has 29 heavy (non-hydrogen) atoms. The Morgan fingerprint density at radius 3 is 2.83 bits per heavy atom. The third-order valence-corrected chi connectivity index (χ3v) is 6.56. The van der Waals surface area contributed by atoms with Crippen molar-refractivity contribution in [3.05, 3.63) is 46.2 Å². The first-order chi connectivity index (χ1) is 13.5. The molecule has 7 heteroatoms. The molecular formula is C22H30N4OS2. The third-order valence-electron chi connectivity index (χ3n) is 5.63. The number of likely N-dealkylation sites (tertiary alicyclic amines) is 1. The number of thiazole rings is 1. The fourth-order valence-corrected chi connectivity index (χ4v) is 5.01. The van der Waals surface area contributed by atoms with Crippen molar-refractivity contribution >= 4 is 35.2 Å². The zero-order valence-corrected chi connectivity index (χ0v) is 19.4. The SMILES string of the molecule is COc1cc(C[C@H]2CCCN(C(C)c3ccc4sc(C)nc4n3)C2)cc(C)n1.S. The van der Waals surface area contributed by atoms with Crippen molar-refractivity contribution in [1.29, 1.82) is 0 Å². The van der Waals surface area contributed by atoms with Gasteiger partial charge in [-0.1, -0.05) is 0 Å². The van der Waals surface area contributed by atoms with Crippen LogP contribution in [0.1, 0.15) is 47.8 Å². The third kappa shape index (κ3) is 5.08. The van der Waals surface area contributed by atoms with E-state index in [4.69, 9.17) is 9.72 Å². The summed E-state index contributed by atoms with van der Waals surface area (Å²) < 4.78 is 6.52. The van der Waals surface area contributed by atoms with Crippen molar-refractivity contribution in [1.82, 2.24) is 19.9 Å². The molecule has 3 aromatic rings. The number of piperidine rings is 1. The summed E-state index contributed by atoms with van der Waals surface area (Å²) in [5, 5.41) is 1.08. The maximum Gasteiger partial charge on any atom is 0.213 e. The first kappa shape index (κ1) is 22.0. The lowest BCUT2D eigenvalue weighted by Gasteiger charge is -2.36. The molecule has 2 atom stereocenters. The largest absolute Gasteiger partial charge is 0.481 e. The number of ether oxygens (including phenoxy) is 1. The van der Waals surface area contributed by atoms with E-state index in [2.05, 4.69) is 46.1 Å². The predicted octanol–water partition coefficient (Wildman–Crippen LogP) is 4.84. The Morgan fingerprint density at radius 2 is 2.03 bits per heavy atom. The number of aryl methyl sites for hydroxylation is 2. The summed E-state index contributed by atoms with van der Waals surface area (Å²) in [6.45, 7) is 8.58. The number of hydrogen-bond acceptors (Lipinski definition) is 6. The van der Waals surface area contributed by atoms with Gasteiger partial charge in [0.25, 0.3) is 0 Å². The van der Waals surface area contributed by atoms with E-state index >= 15 is 0 Å². The molecule has 156 valence electrons. The second-order valence-corrected chi connectivity index (χ2v) is 9.07. The number of pyridine rings is 2. The zero-order chi connectivity index (χ0) is 19.7. The minimum Gasteiger partial charge on any atom is -0.481 e. The number of rotatable bonds is 5. The molecular weight excluding hydrogens is 400 g/mol. The molecule has 3 aromatic heterocycles. The highest BCUT2D eigenvalue weighted by Crippen LogP contribution is 2.30. The van der Waals surface area contributed by atoms with Crippen LogP contribution in [0.5, 0.6) is 5.88 Å². The van der Waals surface area contributed by atoms with E-state index in [1.165, 1.54) is 23.1 Å². The summed E-state index contributed by atoms with van der Waals surface area (Å²) in [6.07, 6.45) is 3.57. The summed E-state index contributed by atoms with van der Waals surface area (Å²) >= 11 is 1.71. The van der Waals surface area contributed by atoms with Crippen LogP contribution in [0.15, 0.2) is 24.3 Å². The van der Waals surface area contributed by atoms with Gasteiger partial charge in [0.05, 0.1) is 22.5 Å². The summed E-state index contributed by atoms with van der Waals surface area (Å²) in [6, 6.07) is 8.92. The van der Waals surface area contributed by atoms with Gasteiger partial charge in [0.2, 0.25) is 5.88 Å². The van der Waals surface area contributed by atoms with Crippen molar-refractivity contribution in [2.45, 2.75) is 46.1 Å². The normalized spacial score (nSPS) is 18.4. The molecule has 0 bridgehead atoms.